The Bertz CT molecular complexity index is 358. The molecule has 2 atom stereocenters. The molecule has 17 heavy (non-hydrogen) atoms. The first kappa shape index (κ1) is 12.1. The van der Waals surface area contributed by atoms with E-state index in [0.29, 0.717) is 24.4 Å². The lowest BCUT2D eigenvalue weighted by Crippen LogP contribution is -2.29. The van der Waals surface area contributed by atoms with Gasteiger partial charge in [-0.3, -0.25) is 0 Å². The summed E-state index contributed by atoms with van der Waals surface area (Å²) < 4.78 is 5.35. The van der Waals surface area contributed by atoms with Gasteiger partial charge in [0.2, 0.25) is 5.88 Å². The Balaban J connectivity index is 2.00. The number of aromatic nitrogens is 2. The van der Waals surface area contributed by atoms with Gasteiger partial charge in [-0.25, -0.2) is 9.97 Å². The first-order valence-corrected chi connectivity index (χ1v) is 6.25. The Labute approximate surface area is 102 Å². The van der Waals surface area contributed by atoms with E-state index in [1.54, 1.807) is 0 Å². The highest BCUT2D eigenvalue weighted by Crippen LogP contribution is 2.27. The van der Waals surface area contributed by atoms with Gasteiger partial charge in [0.15, 0.2) is 0 Å². The molecule has 1 aromatic rings. The third kappa shape index (κ3) is 3.06. The first-order chi connectivity index (χ1) is 8.33. The van der Waals surface area contributed by atoms with Crippen LogP contribution in [-0.4, -0.2) is 29.2 Å². The van der Waals surface area contributed by atoms with E-state index in [1.807, 2.05) is 13.0 Å². The Morgan fingerprint density at radius 1 is 1.47 bits per heavy atom. The second kappa shape index (κ2) is 5.82. The molecule has 1 aliphatic carbocycles. The molecule has 1 aliphatic rings. The molecule has 2 rings (SSSR count). The van der Waals surface area contributed by atoms with Crippen LogP contribution in [-0.2, 0) is 0 Å². The molecule has 5 nitrogen and oxygen atoms in total. The van der Waals surface area contributed by atoms with Crippen molar-refractivity contribution in [3.8, 4) is 5.88 Å². The van der Waals surface area contributed by atoms with Gasteiger partial charge in [-0.2, -0.15) is 0 Å². The summed E-state index contributed by atoms with van der Waals surface area (Å²) in [7, 11) is 0. The van der Waals surface area contributed by atoms with Gasteiger partial charge in [-0.1, -0.05) is 6.42 Å². The smallest absolute Gasteiger partial charge is 0.218 e. The zero-order valence-electron chi connectivity index (χ0n) is 10.2. The standard InChI is InChI=1S/C12H20N4O/c1-2-17-12-6-11(14-8-15-12)16-10-5-3-4-9(10)7-13/h6,8-10H,2-5,7,13H2,1H3,(H,14,15,16). The lowest BCUT2D eigenvalue weighted by atomic mass is 10.0. The topological polar surface area (TPSA) is 73.1 Å². The molecule has 0 saturated heterocycles. The quantitative estimate of drug-likeness (QED) is 0.808. The highest BCUT2D eigenvalue weighted by molar-refractivity contribution is 5.38. The average Bonchev–Trinajstić information content (AvgIpc) is 2.77. The molecule has 3 N–H and O–H groups in total. The third-order valence-electron chi connectivity index (χ3n) is 3.23. The largest absolute Gasteiger partial charge is 0.478 e. The number of ether oxygens (including phenoxy) is 1. The van der Waals surface area contributed by atoms with Crippen LogP contribution in [0.1, 0.15) is 26.2 Å². The molecule has 1 aromatic heterocycles. The highest BCUT2D eigenvalue weighted by Gasteiger charge is 2.26. The number of nitrogens with two attached hydrogens (primary N) is 1. The Hall–Kier alpha value is -1.36. The summed E-state index contributed by atoms with van der Waals surface area (Å²) in [6.07, 6.45) is 5.13. The second-order valence-electron chi connectivity index (χ2n) is 4.35. The fourth-order valence-electron chi connectivity index (χ4n) is 2.34. The van der Waals surface area contributed by atoms with Crippen molar-refractivity contribution in [2.45, 2.75) is 32.2 Å². The zero-order valence-corrected chi connectivity index (χ0v) is 10.2. The summed E-state index contributed by atoms with van der Waals surface area (Å²) in [6, 6.07) is 2.28. The van der Waals surface area contributed by atoms with Crippen LogP contribution in [0.2, 0.25) is 0 Å². The van der Waals surface area contributed by atoms with E-state index >= 15 is 0 Å². The number of hydrogen-bond acceptors (Lipinski definition) is 5. The molecule has 1 saturated carbocycles. The first-order valence-electron chi connectivity index (χ1n) is 6.25. The Morgan fingerprint density at radius 2 is 2.35 bits per heavy atom. The zero-order chi connectivity index (χ0) is 12.1. The van der Waals surface area contributed by atoms with Crippen LogP contribution in [0.25, 0.3) is 0 Å². The van der Waals surface area contributed by atoms with E-state index in [0.717, 1.165) is 18.8 Å². The van der Waals surface area contributed by atoms with Crippen molar-refractivity contribution in [2.24, 2.45) is 11.7 Å². The Kier molecular flexibility index (Phi) is 4.14. The molecule has 2 unspecified atom stereocenters. The van der Waals surface area contributed by atoms with Crippen molar-refractivity contribution in [1.29, 1.82) is 0 Å². The highest BCUT2D eigenvalue weighted by atomic mass is 16.5. The van der Waals surface area contributed by atoms with Gasteiger partial charge in [-0.15, -0.1) is 0 Å². The predicted octanol–water partition coefficient (Wildman–Crippen LogP) is 1.41. The molecule has 0 aliphatic heterocycles. The van der Waals surface area contributed by atoms with Gasteiger partial charge in [-0.05, 0) is 32.2 Å². The number of rotatable bonds is 5. The van der Waals surface area contributed by atoms with Gasteiger partial charge in [0.1, 0.15) is 12.1 Å². The van der Waals surface area contributed by atoms with Crippen molar-refractivity contribution < 1.29 is 4.74 Å². The molecule has 0 bridgehead atoms. The molecule has 1 heterocycles. The van der Waals surface area contributed by atoms with E-state index in [9.17, 15) is 0 Å². The number of nitrogens with one attached hydrogen (secondary N) is 1. The molecule has 94 valence electrons. The second-order valence-corrected chi connectivity index (χ2v) is 4.35. The van der Waals surface area contributed by atoms with Gasteiger partial charge in [0, 0.05) is 12.1 Å². The predicted molar refractivity (Wildman–Crippen MR) is 67.0 cm³/mol. The van der Waals surface area contributed by atoms with E-state index < -0.39 is 0 Å². The molecule has 1 fully saturated rings. The van der Waals surface area contributed by atoms with E-state index in [4.69, 9.17) is 10.5 Å². The number of anilines is 1. The molecular weight excluding hydrogens is 216 g/mol. The van der Waals surface area contributed by atoms with Gasteiger partial charge >= 0.3 is 0 Å². The normalized spacial score (nSPS) is 23.6. The molecule has 0 amide bonds. The van der Waals surface area contributed by atoms with Crippen molar-refractivity contribution >= 4 is 5.82 Å². The lowest BCUT2D eigenvalue weighted by Gasteiger charge is -2.20. The van der Waals surface area contributed by atoms with Crippen LogP contribution in [0, 0.1) is 5.92 Å². The number of nitrogens with zero attached hydrogens (tertiary/aromatic N) is 2. The fourth-order valence-corrected chi connectivity index (χ4v) is 2.34. The van der Waals surface area contributed by atoms with Crippen molar-refractivity contribution in [3.05, 3.63) is 12.4 Å². The van der Waals surface area contributed by atoms with Crippen LogP contribution < -0.4 is 15.8 Å². The molecule has 0 spiro atoms. The monoisotopic (exact) mass is 236 g/mol. The average molecular weight is 236 g/mol. The summed E-state index contributed by atoms with van der Waals surface area (Å²) in [4.78, 5) is 8.26. The minimum Gasteiger partial charge on any atom is -0.478 e. The summed E-state index contributed by atoms with van der Waals surface area (Å²) in [5.74, 6) is 2.00. The Morgan fingerprint density at radius 3 is 3.12 bits per heavy atom. The van der Waals surface area contributed by atoms with Crippen LogP contribution in [0.15, 0.2) is 12.4 Å². The fraction of sp³-hybridized carbons (Fsp3) is 0.667. The minimum absolute atomic E-state index is 0.435. The number of hydrogen-bond donors (Lipinski definition) is 2. The molecule has 5 heteroatoms. The van der Waals surface area contributed by atoms with Crippen molar-refractivity contribution in [3.63, 3.8) is 0 Å². The molecule has 0 radical (unpaired) electrons. The molecular formula is C12H20N4O. The maximum atomic E-state index is 5.76. The van der Waals surface area contributed by atoms with Crippen molar-refractivity contribution in [2.75, 3.05) is 18.5 Å². The summed E-state index contributed by atoms with van der Waals surface area (Å²) in [5, 5.41) is 3.43. The van der Waals surface area contributed by atoms with Crippen LogP contribution in [0.4, 0.5) is 5.82 Å². The maximum Gasteiger partial charge on any atom is 0.218 e. The van der Waals surface area contributed by atoms with Gasteiger partial charge in [0.05, 0.1) is 6.61 Å². The summed E-state index contributed by atoms with van der Waals surface area (Å²) in [6.45, 7) is 3.29. The van der Waals surface area contributed by atoms with E-state index in [-0.39, 0.29) is 0 Å². The lowest BCUT2D eigenvalue weighted by molar-refractivity contribution is 0.326. The van der Waals surface area contributed by atoms with Crippen LogP contribution >= 0.6 is 0 Å². The van der Waals surface area contributed by atoms with Crippen LogP contribution in [0.3, 0.4) is 0 Å². The summed E-state index contributed by atoms with van der Waals surface area (Å²) >= 11 is 0. The SMILES string of the molecule is CCOc1cc(NC2CCCC2CN)ncn1. The van der Waals surface area contributed by atoms with E-state index in [1.165, 1.54) is 19.2 Å². The summed E-state index contributed by atoms with van der Waals surface area (Å²) in [5.41, 5.74) is 5.76. The van der Waals surface area contributed by atoms with E-state index in [2.05, 4.69) is 15.3 Å². The minimum atomic E-state index is 0.435. The van der Waals surface area contributed by atoms with Crippen LogP contribution in [0.5, 0.6) is 5.88 Å². The van der Waals surface area contributed by atoms with Gasteiger partial charge < -0.3 is 15.8 Å². The van der Waals surface area contributed by atoms with Crippen molar-refractivity contribution in [1.82, 2.24) is 9.97 Å². The molecule has 0 aromatic carbocycles. The third-order valence-corrected chi connectivity index (χ3v) is 3.23. The maximum absolute atomic E-state index is 5.76. The van der Waals surface area contributed by atoms with Gasteiger partial charge in [0.25, 0.3) is 0 Å².